The lowest BCUT2D eigenvalue weighted by Crippen LogP contribution is -2.47. The molecule has 1 aliphatic heterocycles. The molecule has 3 aromatic rings. The van der Waals surface area contributed by atoms with Crippen molar-refractivity contribution in [2.45, 2.75) is 32.9 Å². The van der Waals surface area contributed by atoms with Crippen LogP contribution in [0.25, 0.3) is 17.0 Å². The van der Waals surface area contributed by atoms with Crippen molar-refractivity contribution in [2.75, 3.05) is 0 Å². The van der Waals surface area contributed by atoms with Crippen LogP contribution in [0.4, 0.5) is 0 Å². The number of pyridine rings is 1. The Balaban J connectivity index is 1.62. The molecule has 1 saturated heterocycles. The molecule has 36 heavy (non-hydrogen) atoms. The van der Waals surface area contributed by atoms with E-state index >= 15 is 0 Å². The van der Waals surface area contributed by atoms with Crippen LogP contribution in [0.5, 0.6) is 5.75 Å². The van der Waals surface area contributed by atoms with Gasteiger partial charge in [0.15, 0.2) is 0 Å². The van der Waals surface area contributed by atoms with E-state index in [1.165, 1.54) is 4.90 Å². The van der Waals surface area contributed by atoms with Crippen LogP contribution >= 0.6 is 47.2 Å². The van der Waals surface area contributed by atoms with Gasteiger partial charge in [0.2, 0.25) is 0 Å². The Hall–Kier alpha value is -2.65. The molecule has 6 nitrogen and oxygen atoms in total. The SMILES string of the molecule is CCC(C)[C@@H](C(=O)O)N1C(=O)/C(=C/c2cc3cc(OCc4ccccc4Cl)ccc3nc2Cl)SC1=S. The molecular formula is C26H22Cl2N2O4S2. The third-order valence-electron chi connectivity index (χ3n) is 5.94. The van der Waals surface area contributed by atoms with Gasteiger partial charge < -0.3 is 9.84 Å². The maximum atomic E-state index is 13.2. The van der Waals surface area contributed by atoms with Gasteiger partial charge >= 0.3 is 5.97 Å². The van der Waals surface area contributed by atoms with E-state index in [9.17, 15) is 14.7 Å². The van der Waals surface area contributed by atoms with Crippen molar-refractivity contribution >= 4 is 80.4 Å². The van der Waals surface area contributed by atoms with E-state index in [1.54, 1.807) is 25.1 Å². The summed E-state index contributed by atoms with van der Waals surface area (Å²) < 4.78 is 6.12. The minimum absolute atomic E-state index is 0.207. The Kier molecular flexibility index (Phi) is 8.20. The Morgan fingerprint density at radius 1 is 1.25 bits per heavy atom. The van der Waals surface area contributed by atoms with Gasteiger partial charge in [0.25, 0.3) is 5.91 Å². The molecule has 0 bridgehead atoms. The number of aliphatic carboxylic acids is 1. The van der Waals surface area contributed by atoms with E-state index in [0.29, 0.717) is 39.8 Å². The highest BCUT2D eigenvalue weighted by Crippen LogP contribution is 2.37. The minimum atomic E-state index is -1.09. The van der Waals surface area contributed by atoms with Crippen LogP contribution in [0.2, 0.25) is 10.2 Å². The number of thioether (sulfide) groups is 1. The number of nitrogens with zero attached hydrogens (tertiary/aromatic N) is 2. The highest BCUT2D eigenvalue weighted by atomic mass is 35.5. The third-order valence-corrected chi connectivity index (χ3v) is 7.95. The standard InChI is InChI=1S/C26H22Cl2N2O4S2/c1-3-14(2)22(25(32)33)30-24(31)21(36-26(30)35)12-17-10-16-11-18(8-9-20(16)29-23(17)28)34-13-15-6-4-5-7-19(15)27/h4-12,14,22H,3,13H2,1-2H3,(H,32,33)/b21-12-/t14?,22-/m0/s1. The number of thiocarbonyl (C=S) groups is 1. The second-order valence-corrected chi connectivity index (χ2v) is 10.8. The zero-order valence-electron chi connectivity index (χ0n) is 19.4. The minimum Gasteiger partial charge on any atom is -0.489 e. The number of amides is 1. The molecule has 1 fully saturated rings. The molecule has 0 spiro atoms. The quantitative estimate of drug-likeness (QED) is 0.184. The summed E-state index contributed by atoms with van der Waals surface area (Å²) in [5.74, 6) is -1.18. The maximum Gasteiger partial charge on any atom is 0.327 e. The summed E-state index contributed by atoms with van der Waals surface area (Å²) in [6, 6.07) is 13.7. The van der Waals surface area contributed by atoms with Crippen molar-refractivity contribution in [3.8, 4) is 5.75 Å². The number of aromatic nitrogens is 1. The average Bonchev–Trinajstić information content (AvgIpc) is 3.11. The molecule has 1 unspecified atom stereocenters. The average molecular weight is 562 g/mol. The summed E-state index contributed by atoms with van der Waals surface area (Å²) in [6.45, 7) is 3.97. The fraction of sp³-hybridized carbons (Fsp3) is 0.231. The number of carbonyl (C=O) groups is 2. The highest BCUT2D eigenvalue weighted by Gasteiger charge is 2.42. The number of hydrogen-bond acceptors (Lipinski definition) is 6. The van der Waals surface area contributed by atoms with Crippen molar-refractivity contribution in [3.63, 3.8) is 0 Å². The molecule has 4 rings (SSSR count). The Morgan fingerprint density at radius 2 is 2.00 bits per heavy atom. The van der Waals surface area contributed by atoms with Crippen LogP contribution < -0.4 is 4.74 Å². The number of rotatable bonds is 8. The number of fused-ring (bicyclic) bond motifs is 1. The Bertz CT molecular complexity index is 1400. The number of benzene rings is 2. The van der Waals surface area contributed by atoms with Crippen molar-refractivity contribution in [1.82, 2.24) is 9.88 Å². The summed E-state index contributed by atoms with van der Waals surface area (Å²) in [5.41, 5.74) is 2.05. The lowest BCUT2D eigenvalue weighted by molar-refractivity contribution is -0.147. The molecule has 0 aliphatic carbocycles. The van der Waals surface area contributed by atoms with E-state index in [1.807, 2.05) is 43.3 Å². The van der Waals surface area contributed by atoms with Crippen LogP contribution in [0.15, 0.2) is 53.4 Å². The fourth-order valence-corrected chi connectivity index (χ4v) is 5.52. The molecule has 186 valence electrons. The number of carboxylic acid groups (broad SMARTS) is 1. The number of carbonyl (C=O) groups excluding carboxylic acids is 1. The zero-order valence-corrected chi connectivity index (χ0v) is 22.5. The fourth-order valence-electron chi connectivity index (χ4n) is 3.81. The molecule has 1 aromatic heterocycles. The summed E-state index contributed by atoms with van der Waals surface area (Å²) in [5, 5.41) is 11.3. The van der Waals surface area contributed by atoms with Gasteiger partial charge in [-0.1, -0.05) is 85.6 Å². The van der Waals surface area contributed by atoms with Crippen LogP contribution in [0.3, 0.4) is 0 Å². The second-order valence-electron chi connectivity index (χ2n) is 8.32. The third kappa shape index (κ3) is 5.52. The lowest BCUT2D eigenvalue weighted by atomic mass is 9.98. The van der Waals surface area contributed by atoms with Crippen molar-refractivity contribution < 1.29 is 19.4 Å². The van der Waals surface area contributed by atoms with Crippen LogP contribution in [0.1, 0.15) is 31.4 Å². The molecular weight excluding hydrogens is 539 g/mol. The van der Waals surface area contributed by atoms with Gasteiger partial charge in [-0.2, -0.15) is 0 Å². The van der Waals surface area contributed by atoms with Gasteiger partial charge in [0.05, 0.1) is 10.4 Å². The molecule has 0 saturated carbocycles. The topological polar surface area (TPSA) is 79.7 Å². The maximum absolute atomic E-state index is 13.2. The largest absolute Gasteiger partial charge is 0.489 e. The predicted octanol–water partition coefficient (Wildman–Crippen LogP) is 6.82. The first kappa shape index (κ1) is 26.4. The smallest absolute Gasteiger partial charge is 0.327 e. The van der Waals surface area contributed by atoms with Crippen LogP contribution in [0, 0.1) is 5.92 Å². The first-order chi connectivity index (χ1) is 17.2. The van der Waals surface area contributed by atoms with Crippen molar-refractivity contribution in [1.29, 1.82) is 0 Å². The molecule has 2 heterocycles. The number of carboxylic acids is 1. The summed E-state index contributed by atoms with van der Waals surface area (Å²) >= 11 is 19.1. The molecule has 10 heteroatoms. The highest BCUT2D eigenvalue weighted by molar-refractivity contribution is 8.26. The van der Waals surface area contributed by atoms with Crippen molar-refractivity contribution in [3.05, 3.63) is 74.7 Å². The summed E-state index contributed by atoms with van der Waals surface area (Å²) in [6.07, 6.45) is 2.19. The van der Waals surface area contributed by atoms with E-state index < -0.39 is 17.9 Å². The monoisotopic (exact) mass is 560 g/mol. The molecule has 1 amide bonds. The number of halogens is 2. The van der Waals surface area contributed by atoms with E-state index in [-0.39, 0.29) is 15.4 Å². The van der Waals surface area contributed by atoms with E-state index in [2.05, 4.69) is 4.98 Å². The molecule has 1 aliphatic rings. The van der Waals surface area contributed by atoms with Crippen molar-refractivity contribution in [2.24, 2.45) is 5.92 Å². The summed E-state index contributed by atoms with van der Waals surface area (Å²) in [7, 11) is 0. The van der Waals surface area contributed by atoms with Gasteiger partial charge in [-0.25, -0.2) is 9.78 Å². The number of hydrogen-bond donors (Lipinski definition) is 1. The van der Waals surface area contributed by atoms with Gasteiger partial charge in [0.1, 0.15) is 27.9 Å². The van der Waals surface area contributed by atoms with E-state index in [0.717, 1.165) is 22.7 Å². The first-order valence-corrected chi connectivity index (χ1v) is 13.1. The predicted molar refractivity (Wildman–Crippen MR) is 148 cm³/mol. The molecule has 0 radical (unpaired) electrons. The van der Waals surface area contributed by atoms with Gasteiger partial charge in [-0.05, 0) is 42.3 Å². The summed E-state index contributed by atoms with van der Waals surface area (Å²) in [4.78, 5) is 31.0. The van der Waals surface area contributed by atoms with Gasteiger partial charge in [0, 0.05) is 21.5 Å². The van der Waals surface area contributed by atoms with Crippen LogP contribution in [-0.2, 0) is 16.2 Å². The lowest BCUT2D eigenvalue weighted by Gasteiger charge is -2.27. The zero-order chi connectivity index (χ0) is 26.0. The second kappa shape index (κ2) is 11.2. The molecule has 2 atom stereocenters. The van der Waals surface area contributed by atoms with Gasteiger partial charge in [-0.3, -0.25) is 9.69 Å². The van der Waals surface area contributed by atoms with Gasteiger partial charge in [-0.15, -0.1) is 0 Å². The number of ether oxygens (including phenoxy) is 1. The van der Waals surface area contributed by atoms with Crippen LogP contribution in [-0.4, -0.2) is 37.2 Å². The first-order valence-electron chi connectivity index (χ1n) is 11.2. The normalized spacial score (nSPS) is 16.6. The Morgan fingerprint density at radius 3 is 2.69 bits per heavy atom. The van der Waals surface area contributed by atoms with E-state index in [4.69, 9.17) is 40.2 Å². The molecule has 1 N–H and O–H groups in total. The molecule has 2 aromatic carbocycles. The Labute approximate surface area is 228 Å².